The Hall–Kier alpha value is -1.56. The molecule has 1 saturated heterocycles. The van der Waals surface area contributed by atoms with E-state index in [1.807, 2.05) is 6.92 Å². The lowest BCUT2D eigenvalue weighted by Gasteiger charge is -2.24. The van der Waals surface area contributed by atoms with Gasteiger partial charge in [0.2, 0.25) is 5.88 Å². The highest BCUT2D eigenvalue weighted by atomic mass is 16.5. The van der Waals surface area contributed by atoms with Crippen LogP contribution < -0.4 is 15.4 Å². The summed E-state index contributed by atoms with van der Waals surface area (Å²) < 4.78 is 5.10. The molecule has 1 unspecified atom stereocenters. The van der Waals surface area contributed by atoms with Crippen molar-refractivity contribution in [2.75, 3.05) is 30.8 Å². The van der Waals surface area contributed by atoms with Crippen molar-refractivity contribution >= 4 is 11.5 Å². The van der Waals surface area contributed by atoms with E-state index in [1.165, 1.54) is 13.4 Å². The second kappa shape index (κ2) is 4.97. The minimum atomic E-state index is -0.597. The summed E-state index contributed by atoms with van der Waals surface area (Å²) in [6.07, 6.45) is 3.87. The van der Waals surface area contributed by atoms with Gasteiger partial charge in [-0.2, -0.15) is 4.98 Å². The molecule has 6 nitrogen and oxygen atoms in total. The summed E-state index contributed by atoms with van der Waals surface area (Å²) in [6.45, 7) is 3.44. The van der Waals surface area contributed by atoms with Gasteiger partial charge in [0.15, 0.2) is 5.82 Å². The normalized spacial score (nSPS) is 24.7. The predicted octanol–water partition coefficient (Wildman–Crippen LogP) is 0.809. The van der Waals surface area contributed by atoms with Gasteiger partial charge in [-0.05, 0) is 26.2 Å². The Morgan fingerprint density at radius 3 is 2.89 bits per heavy atom. The number of nitrogens with two attached hydrogens (primary N) is 1. The third kappa shape index (κ3) is 2.64. The Kier molecular flexibility index (Phi) is 3.56. The molecule has 0 amide bonds. The van der Waals surface area contributed by atoms with Gasteiger partial charge in [-0.1, -0.05) is 0 Å². The van der Waals surface area contributed by atoms with Crippen LogP contribution in [0.1, 0.15) is 26.2 Å². The Balaban J connectivity index is 2.21. The maximum atomic E-state index is 10.1. The van der Waals surface area contributed by atoms with Gasteiger partial charge in [0.25, 0.3) is 0 Å². The number of anilines is 2. The highest BCUT2D eigenvalue weighted by Crippen LogP contribution is 2.30. The summed E-state index contributed by atoms with van der Waals surface area (Å²) in [5.41, 5.74) is 5.85. The summed E-state index contributed by atoms with van der Waals surface area (Å²) in [5.74, 6) is 1.09. The first kappa shape index (κ1) is 12.9. The van der Waals surface area contributed by atoms with Crippen LogP contribution in [0, 0.1) is 0 Å². The Morgan fingerprint density at radius 1 is 1.39 bits per heavy atom. The fraction of sp³-hybridized carbons (Fsp3) is 0.667. The van der Waals surface area contributed by atoms with Crippen LogP contribution >= 0.6 is 0 Å². The summed E-state index contributed by atoms with van der Waals surface area (Å²) in [7, 11) is 1.54. The number of hydrogen-bond donors (Lipinski definition) is 2. The van der Waals surface area contributed by atoms with Gasteiger partial charge in [0.1, 0.15) is 12.0 Å². The maximum Gasteiger partial charge on any atom is 0.242 e. The largest absolute Gasteiger partial charge is 0.479 e. The highest BCUT2D eigenvalue weighted by Gasteiger charge is 2.26. The van der Waals surface area contributed by atoms with E-state index in [4.69, 9.17) is 10.5 Å². The number of hydrogen-bond acceptors (Lipinski definition) is 6. The van der Waals surface area contributed by atoms with Crippen LogP contribution in [-0.4, -0.2) is 40.9 Å². The van der Waals surface area contributed by atoms with Crippen molar-refractivity contribution in [3.05, 3.63) is 6.33 Å². The molecule has 6 heteroatoms. The first-order chi connectivity index (χ1) is 8.53. The molecule has 100 valence electrons. The molecule has 1 atom stereocenters. The van der Waals surface area contributed by atoms with Crippen molar-refractivity contribution in [3.8, 4) is 5.88 Å². The molecule has 18 heavy (non-hydrogen) atoms. The minimum absolute atomic E-state index is 0.399. The molecule has 1 aliphatic rings. The van der Waals surface area contributed by atoms with Crippen molar-refractivity contribution in [1.29, 1.82) is 0 Å². The van der Waals surface area contributed by atoms with E-state index >= 15 is 0 Å². The molecular formula is C12H20N4O2. The molecule has 2 rings (SSSR count). The molecule has 3 N–H and O–H groups in total. The zero-order valence-electron chi connectivity index (χ0n) is 10.9. The number of nitrogen functional groups attached to an aromatic ring is 1. The average Bonchev–Trinajstić information content (AvgIpc) is 2.51. The van der Waals surface area contributed by atoms with Gasteiger partial charge in [-0.15, -0.1) is 0 Å². The lowest BCUT2D eigenvalue weighted by molar-refractivity contribution is 0.0481. The van der Waals surface area contributed by atoms with Crippen molar-refractivity contribution in [1.82, 2.24) is 9.97 Å². The zero-order chi connectivity index (χ0) is 13.2. The first-order valence-corrected chi connectivity index (χ1v) is 6.15. The average molecular weight is 252 g/mol. The number of aliphatic hydroxyl groups is 1. The van der Waals surface area contributed by atoms with Crippen LogP contribution in [0.5, 0.6) is 5.88 Å². The maximum absolute atomic E-state index is 10.1. The van der Waals surface area contributed by atoms with Gasteiger partial charge in [0.05, 0.1) is 12.7 Å². The Morgan fingerprint density at radius 2 is 2.17 bits per heavy atom. The van der Waals surface area contributed by atoms with Crippen LogP contribution in [-0.2, 0) is 0 Å². The molecular weight excluding hydrogens is 232 g/mol. The van der Waals surface area contributed by atoms with Crippen LogP contribution in [0.2, 0.25) is 0 Å². The first-order valence-electron chi connectivity index (χ1n) is 6.15. The van der Waals surface area contributed by atoms with Gasteiger partial charge in [-0.3, -0.25) is 0 Å². The number of aromatic nitrogens is 2. The quantitative estimate of drug-likeness (QED) is 0.810. The number of ether oxygens (including phenoxy) is 1. The lowest BCUT2D eigenvalue weighted by Crippen LogP contribution is -2.29. The standard InChI is InChI=1S/C12H20N4O2/c1-12(17)4-3-6-16(7-5-12)10-9(13)11(18-2)15-8-14-10/h8,17H,3-7,13H2,1-2H3. The van der Waals surface area contributed by atoms with Crippen LogP contribution in [0.15, 0.2) is 6.33 Å². The molecule has 1 aliphatic heterocycles. The number of methoxy groups -OCH3 is 1. The van der Waals surface area contributed by atoms with E-state index < -0.39 is 5.60 Å². The molecule has 0 aliphatic carbocycles. The SMILES string of the molecule is COc1ncnc(N2CCCC(C)(O)CC2)c1N. The van der Waals surface area contributed by atoms with Gasteiger partial charge in [0, 0.05) is 13.1 Å². The smallest absolute Gasteiger partial charge is 0.242 e. The molecule has 2 heterocycles. The van der Waals surface area contributed by atoms with Crippen molar-refractivity contribution in [2.45, 2.75) is 31.8 Å². The van der Waals surface area contributed by atoms with Crippen LogP contribution in [0.3, 0.4) is 0 Å². The van der Waals surface area contributed by atoms with Crippen LogP contribution in [0.4, 0.5) is 11.5 Å². The van der Waals surface area contributed by atoms with E-state index in [2.05, 4.69) is 14.9 Å². The topological polar surface area (TPSA) is 84.5 Å². The summed E-state index contributed by atoms with van der Waals surface area (Å²) in [5, 5.41) is 10.1. The monoisotopic (exact) mass is 252 g/mol. The molecule has 1 fully saturated rings. The number of nitrogens with zero attached hydrogens (tertiary/aromatic N) is 3. The molecule has 0 spiro atoms. The Labute approximate surface area is 107 Å². The summed E-state index contributed by atoms with van der Waals surface area (Å²) in [6, 6.07) is 0. The van der Waals surface area contributed by atoms with Crippen LogP contribution in [0.25, 0.3) is 0 Å². The van der Waals surface area contributed by atoms with E-state index in [0.29, 0.717) is 23.8 Å². The van der Waals surface area contributed by atoms with E-state index in [0.717, 1.165) is 25.9 Å². The lowest BCUT2D eigenvalue weighted by atomic mass is 9.98. The molecule has 1 aromatic rings. The third-order valence-electron chi connectivity index (χ3n) is 3.38. The van der Waals surface area contributed by atoms with E-state index in [1.54, 1.807) is 0 Å². The van der Waals surface area contributed by atoms with Gasteiger partial charge < -0.3 is 20.5 Å². The Bertz CT molecular complexity index is 423. The van der Waals surface area contributed by atoms with Gasteiger partial charge in [-0.25, -0.2) is 4.98 Å². The third-order valence-corrected chi connectivity index (χ3v) is 3.38. The predicted molar refractivity (Wildman–Crippen MR) is 69.7 cm³/mol. The fourth-order valence-corrected chi connectivity index (χ4v) is 2.26. The summed E-state index contributed by atoms with van der Waals surface area (Å²) >= 11 is 0. The van der Waals surface area contributed by atoms with E-state index in [-0.39, 0.29) is 0 Å². The van der Waals surface area contributed by atoms with Gasteiger partial charge >= 0.3 is 0 Å². The second-order valence-corrected chi connectivity index (χ2v) is 4.96. The minimum Gasteiger partial charge on any atom is -0.479 e. The summed E-state index contributed by atoms with van der Waals surface area (Å²) in [4.78, 5) is 10.3. The highest BCUT2D eigenvalue weighted by molar-refractivity contribution is 5.67. The molecule has 0 saturated carbocycles. The molecule has 0 radical (unpaired) electrons. The molecule has 1 aromatic heterocycles. The zero-order valence-corrected chi connectivity index (χ0v) is 10.9. The molecule has 0 aromatic carbocycles. The van der Waals surface area contributed by atoms with Crippen molar-refractivity contribution < 1.29 is 9.84 Å². The number of rotatable bonds is 2. The molecule has 0 bridgehead atoms. The second-order valence-electron chi connectivity index (χ2n) is 4.96. The fourth-order valence-electron chi connectivity index (χ4n) is 2.26. The van der Waals surface area contributed by atoms with Crippen molar-refractivity contribution in [3.63, 3.8) is 0 Å². The van der Waals surface area contributed by atoms with E-state index in [9.17, 15) is 5.11 Å². The van der Waals surface area contributed by atoms with Crippen molar-refractivity contribution in [2.24, 2.45) is 0 Å².